The topological polar surface area (TPSA) is 12.0 Å². The second kappa shape index (κ2) is 7.79. The Hall–Kier alpha value is 0.690. The van der Waals surface area contributed by atoms with Crippen molar-refractivity contribution in [2.45, 2.75) is 39.2 Å². The molecule has 0 aliphatic carbocycles. The SMILES string of the molecule is CCCNC(CI)CCC. The van der Waals surface area contributed by atoms with E-state index in [1.165, 1.54) is 30.2 Å². The lowest BCUT2D eigenvalue weighted by Crippen LogP contribution is -2.30. The molecule has 0 aliphatic rings. The molecule has 0 fully saturated rings. The van der Waals surface area contributed by atoms with E-state index >= 15 is 0 Å². The summed E-state index contributed by atoms with van der Waals surface area (Å²) in [5, 5.41) is 3.51. The van der Waals surface area contributed by atoms with E-state index in [1.807, 2.05) is 0 Å². The lowest BCUT2D eigenvalue weighted by Gasteiger charge is -2.13. The minimum atomic E-state index is 0.755. The van der Waals surface area contributed by atoms with Gasteiger partial charge in [-0.05, 0) is 19.4 Å². The molecule has 0 spiro atoms. The Morgan fingerprint density at radius 1 is 1.30 bits per heavy atom. The molecule has 62 valence electrons. The van der Waals surface area contributed by atoms with Gasteiger partial charge in [-0.25, -0.2) is 0 Å². The molecular weight excluding hydrogens is 237 g/mol. The highest BCUT2D eigenvalue weighted by molar-refractivity contribution is 14.1. The van der Waals surface area contributed by atoms with Crippen molar-refractivity contribution in [3.8, 4) is 0 Å². The number of hydrogen-bond donors (Lipinski definition) is 1. The summed E-state index contributed by atoms with van der Waals surface area (Å²) in [6.45, 7) is 5.63. The minimum Gasteiger partial charge on any atom is -0.313 e. The molecule has 0 saturated heterocycles. The Morgan fingerprint density at radius 2 is 2.00 bits per heavy atom. The van der Waals surface area contributed by atoms with Gasteiger partial charge in [0.05, 0.1) is 0 Å². The smallest absolute Gasteiger partial charge is 0.0157 e. The fourth-order valence-corrected chi connectivity index (χ4v) is 1.68. The minimum absolute atomic E-state index is 0.755. The van der Waals surface area contributed by atoms with E-state index in [0.717, 1.165) is 6.04 Å². The first-order valence-electron chi connectivity index (χ1n) is 4.14. The van der Waals surface area contributed by atoms with Crippen LogP contribution in [-0.4, -0.2) is 17.0 Å². The molecule has 0 aromatic rings. The zero-order valence-corrected chi connectivity index (χ0v) is 9.15. The Balaban J connectivity index is 3.21. The van der Waals surface area contributed by atoms with Crippen LogP contribution in [0.5, 0.6) is 0 Å². The number of rotatable bonds is 6. The van der Waals surface area contributed by atoms with Crippen molar-refractivity contribution in [1.82, 2.24) is 5.32 Å². The predicted molar refractivity (Wildman–Crippen MR) is 55.9 cm³/mol. The summed E-state index contributed by atoms with van der Waals surface area (Å²) < 4.78 is 1.24. The molecular formula is C8H18IN. The molecule has 0 radical (unpaired) electrons. The molecule has 0 heterocycles. The maximum absolute atomic E-state index is 3.51. The van der Waals surface area contributed by atoms with Gasteiger partial charge >= 0.3 is 0 Å². The van der Waals surface area contributed by atoms with Crippen LogP contribution in [0.15, 0.2) is 0 Å². The van der Waals surface area contributed by atoms with Crippen molar-refractivity contribution in [2.24, 2.45) is 0 Å². The van der Waals surface area contributed by atoms with Crippen molar-refractivity contribution in [3.05, 3.63) is 0 Å². The Kier molecular flexibility index (Phi) is 8.33. The monoisotopic (exact) mass is 255 g/mol. The average molecular weight is 255 g/mol. The standard InChI is InChI=1S/C8H18IN/c1-3-5-8(7-9)10-6-4-2/h8,10H,3-7H2,1-2H3. The van der Waals surface area contributed by atoms with Crippen LogP contribution >= 0.6 is 22.6 Å². The summed E-state index contributed by atoms with van der Waals surface area (Å²) >= 11 is 2.45. The van der Waals surface area contributed by atoms with Crippen LogP contribution in [-0.2, 0) is 0 Å². The van der Waals surface area contributed by atoms with Crippen LogP contribution in [0.2, 0.25) is 0 Å². The summed E-state index contributed by atoms with van der Waals surface area (Å²) in [4.78, 5) is 0. The molecule has 0 aromatic heterocycles. The lowest BCUT2D eigenvalue weighted by molar-refractivity contribution is 0.519. The first-order chi connectivity index (χ1) is 4.85. The maximum atomic E-state index is 3.51. The molecule has 1 N–H and O–H groups in total. The molecule has 0 rings (SSSR count). The van der Waals surface area contributed by atoms with Gasteiger partial charge in [0.1, 0.15) is 0 Å². The summed E-state index contributed by atoms with van der Waals surface area (Å²) in [6.07, 6.45) is 3.87. The van der Waals surface area contributed by atoms with E-state index in [4.69, 9.17) is 0 Å². The quantitative estimate of drug-likeness (QED) is 0.568. The van der Waals surface area contributed by atoms with Crippen molar-refractivity contribution in [3.63, 3.8) is 0 Å². The van der Waals surface area contributed by atoms with Gasteiger partial charge in [-0.3, -0.25) is 0 Å². The van der Waals surface area contributed by atoms with E-state index in [2.05, 4.69) is 41.8 Å². The molecule has 0 saturated carbocycles. The third-order valence-electron chi connectivity index (χ3n) is 1.51. The fraction of sp³-hybridized carbons (Fsp3) is 1.00. The molecule has 10 heavy (non-hydrogen) atoms. The maximum Gasteiger partial charge on any atom is 0.0157 e. The molecule has 2 heteroatoms. The highest BCUT2D eigenvalue weighted by Gasteiger charge is 2.01. The first-order valence-corrected chi connectivity index (χ1v) is 5.67. The normalized spacial score (nSPS) is 13.5. The van der Waals surface area contributed by atoms with Gasteiger partial charge < -0.3 is 5.32 Å². The van der Waals surface area contributed by atoms with Gasteiger partial charge in [0.25, 0.3) is 0 Å². The Bertz CT molecular complexity index is 66.3. The highest BCUT2D eigenvalue weighted by atomic mass is 127. The van der Waals surface area contributed by atoms with Crippen LogP contribution in [0.1, 0.15) is 33.1 Å². The van der Waals surface area contributed by atoms with Crippen molar-refractivity contribution in [2.75, 3.05) is 11.0 Å². The van der Waals surface area contributed by atoms with Crippen LogP contribution in [0, 0.1) is 0 Å². The van der Waals surface area contributed by atoms with Crippen LogP contribution in [0.4, 0.5) is 0 Å². The molecule has 0 aliphatic heterocycles. The van der Waals surface area contributed by atoms with Crippen LogP contribution in [0.25, 0.3) is 0 Å². The Morgan fingerprint density at radius 3 is 2.40 bits per heavy atom. The van der Waals surface area contributed by atoms with E-state index < -0.39 is 0 Å². The van der Waals surface area contributed by atoms with Gasteiger partial charge in [0.15, 0.2) is 0 Å². The molecule has 0 amide bonds. The van der Waals surface area contributed by atoms with Gasteiger partial charge in [-0.15, -0.1) is 0 Å². The second-order valence-electron chi connectivity index (χ2n) is 2.59. The summed E-state index contributed by atoms with van der Waals surface area (Å²) in [5.74, 6) is 0. The van der Waals surface area contributed by atoms with Gasteiger partial charge in [-0.2, -0.15) is 0 Å². The molecule has 1 nitrogen and oxygen atoms in total. The zero-order chi connectivity index (χ0) is 7.82. The molecule has 1 atom stereocenters. The van der Waals surface area contributed by atoms with E-state index in [1.54, 1.807) is 0 Å². The second-order valence-corrected chi connectivity index (χ2v) is 3.47. The zero-order valence-electron chi connectivity index (χ0n) is 6.99. The van der Waals surface area contributed by atoms with Crippen molar-refractivity contribution in [1.29, 1.82) is 0 Å². The predicted octanol–water partition coefficient (Wildman–Crippen LogP) is 2.59. The number of nitrogens with one attached hydrogen (secondary N) is 1. The largest absolute Gasteiger partial charge is 0.313 e. The van der Waals surface area contributed by atoms with E-state index in [9.17, 15) is 0 Å². The summed E-state index contributed by atoms with van der Waals surface area (Å²) in [7, 11) is 0. The summed E-state index contributed by atoms with van der Waals surface area (Å²) in [6, 6.07) is 0.755. The van der Waals surface area contributed by atoms with Gasteiger partial charge in [0, 0.05) is 10.5 Å². The van der Waals surface area contributed by atoms with Crippen LogP contribution < -0.4 is 5.32 Å². The first kappa shape index (κ1) is 10.7. The Labute approximate surface area is 78.1 Å². The van der Waals surface area contributed by atoms with Crippen LogP contribution in [0.3, 0.4) is 0 Å². The fourth-order valence-electron chi connectivity index (χ4n) is 0.931. The van der Waals surface area contributed by atoms with Crippen molar-refractivity contribution < 1.29 is 0 Å². The third-order valence-corrected chi connectivity index (χ3v) is 2.57. The molecule has 0 aromatic carbocycles. The van der Waals surface area contributed by atoms with Gasteiger partial charge in [0.2, 0.25) is 0 Å². The number of alkyl halides is 1. The summed E-state index contributed by atoms with van der Waals surface area (Å²) in [5.41, 5.74) is 0. The number of halogens is 1. The molecule has 1 unspecified atom stereocenters. The highest BCUT2D eigenvalue weighted by Crippen LogP contribution is 2.00. The van der Waals surface area contributed by atoms with E-state index in [-0.39, 0.29) is 0 Å². The average Bonchev–Trinajstić information content (AvgIpc) is 1.98. The number of hydrogen-bond acceptors (Lipinski definition) is 1. The van der Waals surface area contributed by atoms with Crippen molar-refractivity contribution >= 4 is 22.6 Å². The van der Waals surface area contributed by atoms with Gasteiger partial charge in [-0.1, -0.05) is 42.9 Å². The van der Waals surface area contributed by atoms with E-state index in [0.29, 0.717) is 0 Å². The third kappa shape index (κ3) is 5.47. The molecule has 0 bridgehead atoms. The lowest BCUT2D eigenvalue weighted by atomic mass is 10.2.